The quantitative estimate of drug-likeness (QED) is 0.589. The van der Waals surface area contributed by atoms with Crippen molar-refractivity contribution in [3.05, 3.63) is 57.9 Å². The van der Waals surface area contributed by atoms with Crippen LogP contribution in [0.15, 0.2) is 46.8 Å². The van der Waals surface area contributed by atoms with Gasteiger partial charge in [-0.3, -0.25) is 9.59 Å². The van der Waals surface area contributed by atoms with Gasteiger partial charge in [-0.15, -0.1) is 0 Å². The minimum atomic E-state index is -0.880. The van der Waals surface area contributed by atoms with Crippen LogP contribution in [0.5, 0.6) is 0 Å². The zero-order chi connectivity index (χ0) is 22.0. The molecule has 1 aliphatic carbocycles. The Labute approximate surface area is 177 Å². The summed E-state index contributed by atoms with van der Waals surface area (Å²) in [6.07, 6.45) is 1.23. The van der Waals surface area contributed by atoms with Crippen LogP contribution in [0, 0.1) is 18.8 Å². The second-order valence-corrected chi connectivity index (χ2v) is 8.08. The molecule has 1 aromatic rings. The van der Waals surface area contributed by atoms with Gasteiger partial charge in [0.1, 0.15) is 5.92 Å². The topological polar surface area (TPSA) is 81.7 Å². The van der Waals surface area contributed by atoms with Gasteiger partial charge in [0.25, 0.3) is 0 Å². The van der Waals surface area contributed by atoms with E-state index < -0.39 is 23.8 Å². The summed E-state index contributed by atoms with van der Waals surface area (Å²) in [4.78, 5) is 38.9. The number of ketones is 1. The highest BCUT2D eigenvalue weighted by molar-refractivity contribution is 6.12. The van der Waals surface area contributed by atoms with Crippen molar-refractivity contribution >= 4 is 17.7 Å². The Bertz CT molecular complexity index is 925. The molecule has 6 heteroatoms. The highest BCUT2D eigenvalue weighted by Crippen LogP contribution is 2.45. The number of dihydropyridines is 1. The lowest BCUT2D eigenvalue weighted by atomic mass is 9.69. The fourth-order valence-corrected chi connectivity index (χ4v) is 4.32. The number of aryl methyl sites for hydroxylation is 1. The molecule has 0 saturated heterocycles. The van der Waals surface area contributed by atoms with Crippen LogP contribution in [-0.4, -0.2) is 31.4 Å². The van der Waals surface area contributed by atoms with Crippen LogP contribution in [0.3, 0.4) is 0 Å². The normalized spacial score (nSPS) is 23.6. The van der Waals surface area contributed by atoms with E-state index in [9.17, 15) is 14.4 Å². The molecule has 0 aromatic heterocycles. The third-order valence-electron chi connectivity index (χ3n) is 5.81. The van der Waals surface area contributed by atoms with Crippen LogP contribution in [0.4, 0.5) is 0 Å². The molecule has 3 atom stereocenters. The Kier molecular flexibility index (Phi) is 6.44. The predicted molar refractivity (Wildman–Crippen MR) is 112 cm³/mol. The summed E-state index contributed by atoms with van der Waals surface area (Å²) in [5, 5.41) is 3.26. The van der Waals surface area contributed by atoms with Crippen molar-refractivity contribution in [2.75, 3.05) is 13.7 Å². The number of hydrogen-bond acceptors (Lipinski definition) is 6. The molecule has 30 heavy (non-hydrogen) atoms. The molecule has 0 spiro atoms. The van der Waals surface area contributed by atoms with Gasteiger partial charge in [-0.2, -0.15) is 0 Å². The van der Waals surface area contributed by atoms with Crippen molar-refractivity contribution in [2.24, 2.45) is 11.8 Å². The molecular formula is C24H29NO5. The summed E-state index contributed by atoms with van der Waals surface area (Å²) in [7, 11) is 1.29. The first-order valence-electron chi connectivity index (χ1n) is 10.4. The van der Waals surface area contributed by atoms with E-state index in [4.69, 9.17) is 9.47 Å². The second kappa shape index (κ2) is 8.86. The van der Waals surface area contributed by atoms with Crippen LogP contribution in [-0.2, 0) is 23.9 Å². The largest absolute Gasteiger partial charge is 0.468 e. The zero-order valence-corrected chi connectivity index (χ0v) is 18.2. The number of esters is 2. The van der Waals surface area contributed by atoms with Gasteiger partial charge in [0.15, 0.2) is 5.78 Å². The van der Waals surface area contributed by atoms with Crippen molar-refractivity contribution in [3.8, 4) is 0 Å². The molecule has 1 aromatic carbocycles. The van der Waals surface area contributed by atoms with E-state index >= 15 is 0 Å². The lowest BCUT2D eigenvalue weighted by Crippen LogP contribution is -2.43. The Balaban J connectivity index is 2.15. The first kappa shape index (κ1) is 21.8. The Hall–Kier alpha value is -2.89. The third kappa shape index (κ3) is 3.91. The number of ether oxygens (including phenoxy) is 2. The van der Waals surface area contributed by atoms with Gasteiger partial charge in [-0.1, -0.05) is 43.7 Å². The number of methoxy groups -OCH3 is 1. The summed E-state index contributed by atoms with van der Waals surface area (Å²) < 4.78 is 10.4. The molecule has 0 amide bonds. The summed E-state index contributed by atoms with van der Waals surface area (Å²) in [5.41, 5.74) is 4.22. The van der Waals surface area contributed by atoms with Crippen LogP contribution in [0.25, 0.3) is 0 Å². The van der Waals surface area contributed by atoms with Crippen LogP contribution in [0.1, 0.15) is 50.7 Å². The molecule has 1 aliphatic heterocycles. The van der Waals surface area contributed by atoms with Gasteiger partial charge >= 0.3 is 11.9 Å². The van der Waals surface area contributed by atoms with E-state index in [1.54, 1.807) is 0 Å². The number of Topliss-reactive ketones (excluding diaryl/α,β-unsaturated/α-hetero) is 1. The third-order valence-corrected chi connectivity index (χ3v) is 5.81. The maximum absolute atomic E-state index is 13.5. The Morgan fingerprint density at radius 1 is 1.17 bits per heavy atom. The molecule has 3 unspecified atom stereocenters. The highest BCUT2D eigenvalue weighted by atomic mass is 16.5. The van der Waals surface area contributed by atoms with Crippen LogP contribution < -0.4 is 5.32 Å². The lowest BCUT2D eigenvalue weighted by Gasteiger charge is -2.38. The van der Waals surface area contributed by atoms with Gasteiger partial charge < -0.3 is 14.8 Å². The van der Waals surface area contributed by atoms with E-state index in [0.29, 0.717) is 36.3 Å². The van der Waals surface area contributed by atoms with E-state index in [0.717, 1.165) is 16.8 Å². The number of hydrogen-bond donors (Lipinski definition) is 1. The molecule has 160 valence electrons. The molecule has 1 heterocycles. The van der Waals surface area contributed by atoms with E-state index in [2.05, 4.69) is 5.32 Å². The van der Waals surface area contributed by atoms with Gasteiger partial charge in [0.2, 0.25) is 0 Å². The molecule has 0 bridgehead atoms. The van der Waals surface area contributed by atoms with Gasteiger partial charge in [-0.25, -0.2) is 4.79 Å². The summed E-state index contributed by atoms with van der Waals surface area (Å²) in [5.74, 6) is -2.94. The fraction of sp³-hybridized carbons (Fsp3) is 0.458. The molecule has 1 N–H and O–H groups in total. The summed E-state index contributed by atoms with van der Waals surface area (Å²) in [6, 6.07) is 7.76. The van der Waals surface area contributed by atoms with E-state index in [-0.39, 0.29) is 11.7 Å². The van der Waals surface area contributed by atoms with Crippen molar-refractivity contribution in [3.63, 3.8) is 0 Å². The van der Waals surface area contributed by atoms with Gasteiger partial charge in [0.05, 0.1) is 19.3 Å². The SMILES string of the molecule is CCCOC(=O)C1=C(C)NC2=C(C(=O)C(C(=O)OC)C(C)C2)C1c1ccc(C)cc1. The fourth-order valence-electron chi connectivity index (χ4n) is 4.32. The van der Waals surface area contributed by atoms with Crippen molar-refractivity contribution in [2.45, 2.75) is 46.5 Å². The summed E-state index contributed by atoms with van der Waals surface area (Å²) in [6.45, 7) is 7.91. The minimum Gasteiger partial charge on any atom is -0.468 e. The van der Waals surface area contributed by atoms with E-state index in [1.165, 1.54) is 7.11 Å². The molecule has 2 aliphatic rings. The Morgan fingerprint density at radius 2 is 1.83 bits per heavy atom. The average molecular weight is 411 g/mol. The lowest BCUT2D eigenvalue weighted by molar-refractivity contribution is -0.151. The Morgan fingerprint density at radius 3 is 2.43 bits per heavy atom. The maximum atomic E-state index is 13.5. The number of benzene rings is 1. The molecule has 0 radical (unpaired) electrons. The van der Waals surface area contributed by atoms with Crippen molar-refractivity contribution < 1.29 is 23.9 Å². The van der Waals surface area contributed by atoms with Crippen molar-refractivity contribution in [1.82, 2.24) is 5.32 Å². The number of carbonyl (C=O) groups is 3. The highest BCUT2D eigenvalue weighted by Gasteiger charge is 2.47. The zero-order valence-electron chi connectivity index (χ0n) is 18.2. The van der Waals surface area contributed by atoms with Crippen LogP contribution >= 0.6 is 0 Å². The second-order valence-electron chi connectivity index (χ2n) is 8.08. The monoisotopic (exact) mass is 411 g/mol. The van der Waals surface area contributed by atoms with E-state index in [1.807, 2.05) is 52.0 Å². The maximum Gasteiger partial charge on any atom is 0.336 e. The van der Waals surface area contributed by atoms with Crippen molar-refractivity contribution in [1.29, 1.82) is 0 Å². The molecule has 3 rings (SSSR count). The van der Waals surface area contributed by atoms with Crippen LogP contribution in [0.2, 0.25) is 0 Å². The number of allylic oxidation sites excluding steroid dienone is 3. The van der Waals surface area contributed by atoms with Gasteiger partial charge in [-0.05, 0) is 38.2 Å². The first-order valence-corrected chi connectivity index (χ1v) is 10.4. The van der Waals surface area contributed by atoms with Gasteiger partial charge in [0, 0.05) is 22.9 Å². The number of nitrogens with one attached hydrogen (secondary N) is 1. The number of carbonyl (C=O) groups excluding carboxylic acids is 3. The molecule has 0 fully saturated rings. The predicted octanol–water partition coefficient (Wildman–Crippen LogP) is 3.56. The number of rotatable bonds is 5. The molecule has 6 nitrogen and oxygen atoms in total. The minimum absolute atomic E-state index is 0.198. The first-order chi connectivity index (χ1) is 14.3. The average Bonchev–Trinajstić information content (AvgIpc) is 2.71. The molecule has 0 saturated carbocycles. The molecular weight excluding hydrogens is 382 g/mol. The standard InChI is InChI=1S/C24H29NO5/c1-6-11-30-24(28)19-15(4)25-17-12-14(3)18(23(27)29-5)22(26)21(17)20(19)16-9-7-13(2)8-10-16/h7-10,14,18,20,25H,6,11-12H2,1-5H3. The summed E-state index contributed by atoms with van der Waals surface area (Å²) >= 11 is 0. The smallest absolute Gasteiger partial charge is 0.336 e.